The van der Waals surface area contributed by atoms with Gasteiger partial charge in [0.1, 0.15) is 5.75 Å². The summed E-state index contributed by atoms with van der Waals surface area (Å²) in [4.78, 5) is 0.269. The predicted octanol–water partition coefficient (Wildman–Crippen LogP) is 2.55. The van der Waals surface area contributed by atoms with Crippen LogP contribution in [0.3, 0.4) is 0 Å². The van der Waals surface area contributed by atoms with Gasteiger partial charge in [0.05, 0.1) is 6.61 Å². The minimum Gasteiger partial charge on any atom is -0.768 e. The van der Waals surface area contributed by atoms with Crippen molar-refractivity contribution in [2.75, 3.05) is 6.61 Å². The van der Waals surface area contributed by atoms with Crippen molar-refractivity contribution in [2.24, 2.45) is 0 Å². The molecule has 0 amide bonds. The molecule has 1 unspecified atom stereocenters. The molecule has 94 valence electrons. The lowest BCUT2D eigenvalue weighted by Crippen LogP contribution is -2.01. The molecule has 0 aliphatic heterocycles. The highest BCUT2D eigenvalue weighted by atomic mass is 32.2. The van der Waals surface area contributed by atoms with Gasteiger partial charge in [-0.3, -0.25) is 4.21 Å². The summed E-state index contributed by atoms with van der Waals surface area (Å²) in [5.41, 5.74) is 1.22. The summed E-state index contributed by atoms with van der Waals surface area (Å²) in [6.45, 7) is 0.573. The van der Waals surface area contributed by atoms with Crippen LogP contribution in [0.1, 0.15) is 5.56 Å². The van der Waals surface area contributed by atoms with Crippen molar-refractivity contribution >= 4 is 11.1 Å². The standard InChI is InChI=1S/C14H14O3S/c15-18(16)14-8-6-13(7-9-14)17-11-10-12-4-2-1-3-5-12/h1-9H,10-11H2,(H,15,16)/p-1. The van der Waals surface area contributed by atoms with Crippen LogP contribution in [0.25, 0.3) is 0 Å². The first-order valence-corrected chi connectivity index (χ1v) is 6.69. The predicted molar refractivity (Wildman–Crippen MR) is 69.3 cm³/mol. The van der Waals surface area contributed by atoms with Gasteiger partial charge in [0.15, 0.2) is 0 Å². The normalized spacial score (nSPS) is 12.1. The van der Waals surface area contributed by atoms with Crippen LogP contribution in [-0.4, -0.2) is 15.4 Å². The SMILES string of the molecule is O=S([O-])c1ccc(OCCc2ccccc2)cc1. The zero-order chi connectivity index (χ0) is 12.8. The van der Waals surface area contributed by atoms with E-state index >= 15 is 0 Å². The molecule has 2 rings (SSSR count). The van der Waals surface area contributed by atoms with E-state index in [1.54, 1.807) is 12.1 Å². The Bertz CT molecular complexity index is 508. The van der Waals surface area contributed by atoms with Gasteiger partial charge in [0.2, 0.25) is 0 Å². The van der Waals surface area contributed by atoms with Crippen molar-refractivity contribution in [3.05, 3.63) is 60.2 Å². The molecule has 0 aliphatic carbocycles. The Morgan fingerprint density at radius 1 is 1.00 bits per heavy atom. The van der Waals surface area contributed by atoms with Crippen LogP contribution < -0.4 is 4.74 Å². The van der Waals surface area contributed by atoms with Crippen molar-refractivity contribution in [3.63, 3.8) is 0 Å². The molecule has 0 fully saturated rings. The fraction of sp³-hybridized carbons (Fsp3) is 0.143. The Kier molecular flexibility index (Phi) is 4.50. The fourth-order valence-electron chi connectivity index (χ4n) is 1.58. The van der Waals surface area contributed by atoms with E-state index in [9.17, 15) is 8.76 Å². The van der Waals surface area contributed by atoms with E-state index in [1.165, 1.54) is 17.7 Å². The van der Waals surface area contributed by atoms with Gasteiger partial charge < -0.3 is 9.29 Å². The van der Waals surface area contributed by atoms with Crippen LogP contribution in [-0.2, 0) is 17.5 Å². The summed E-state index contributed by atoms with van der Waals surface area (Å²) < 4.78 is 26.9. The van der Waals surface area contributed by atoms with Crippen LogP contribution in [0.4, 0.5) is 0 Å². The van der Waals surface area contributed by atoms with E-state index in [2.05, 4.69) is 0 Å². The minimum atomic E-state index is -2.18. The molecule has 0 aliphatic rings. The molecule has 1 atom stereocenters. The highest BCUT2D eigenvalue weighted by Gasteiger charge is 1.96. The van der Waals surface area contributed by atoms with Crippen LogP contribution in [0.15, 0.2) is 59.5 Å². The van der Waals surface area contributed by atoms with Crippen LogP contribution in [0.5, 0.6) is 5.75 Å². The van der Waals surface area contributed by atoms with E-state index in [0.717, 1.165) is 6.42 Å². The highest BCUT2D eigenvalue weighted by molar-refractivity contribution is 7.79. The summed E-state index contributed by atoms with van der Waals surface area (Å²) in [5, 5.41) is 0. The molecule has 0 saturated heterocycles. The first-order valence-electron chi connectivity index (χ1n) is 5.62. The quantitative estimate of drug-likeness (QED) is 0.777. The lowest BCUT2D eigenvalue weighted by Gasteiger charge is -2.08. The molecule has 2 aromatic rings. The number of hydrogen-bond acceptors (Lipinski definition) is 3. The maximum atomic E-state index is 10.7. The maximum absolute atomic E-state index is 10.7. The number of ether oxygens (including phenoxy) is 1. The lowest BCUT2D eigenvalue weighted by atomic mass is 10.2. The van der Waals surface area contributed by atoms with E-state index in [1.807, 2.05) is 30.3 Å². The minimum absolute atomic E-state index is 0.269. The monoisotopic (exact) mass is 261 g/mol. The van der Waals surface area contributed by atoms with E-state index in [4.69, 9.17) is 4.74 Å². The van der Waals surface area contributed by atoms with Crippen molar-refractivity contribution in [1.82, 2.24) is 0 Å². The van der Waals surface area contributed by atoms with Gasteiger partial charge in [0.25, 0.3) is 0 Å². The number of rotatable bonds is 5. The zero-order valence-corrected chi connectivity index (χ0v) is 10.6. The Morgan fingerprint density at radius 3 is 2.28 bits per heavy atom. The van der Waals surface area contributed by atoms with Gasteiger partial charge >= 0.3 is 0 Å². The second-order valence-electron chi connectivity index (χ2n) is 3.79. The molecule has 0 heterocycles. The third kappa shape index (κ3) is 3.68. The Balaban J connectivity index is 1.85. The average Bonchev–Trinajstić information content (AvgIpc) is 2.40. The number of benzene rings is 2. The third-order valence-corrected chi connectivity index (χ3v) is 3.18. The summed E-state index contributed by atoms with van der Waals surface area (Å²) in [6, 6.07) is 16.4. The lowest BCUT2D eigenvalue weighted by molar-refractivity contribution is 0.321. The fourth-order valence-corrected chi connectivity index (χ4v) is 1.94. The van der Waals surface area contributed by atoms with Gasteiger partial charge in [-0.25, -0.2) is 0 Å². The van der Waals surface area contributed by atoms with Crippen molar-refractivity contribution in [2.45, 2.75) is 11.3 Å². The molecule has 0 spiro atoms. The molecule has 0 aromatic heterocycles. The molecule has 3 nitrogen and oxygen atoms in total. The third-order valence-electron chi connectivity index (χ3n) is 2.52. The Labute approximate surface area is 109 Å². The second-order valence-corrected chi connectivity index (χ2v) is 4.73. The van der Waals surface area contributed by atoms with Gasteiger partial charge in [-0.15, -0.1) is 0 Å². The van der Waals surface area contributed by atoms with Crippen LogP contribution in [0.2, 0.25) is 0 Å². The van der Waals surface area contributed by atoms with Crippen molar-refractivity contribution in [3.8, 4) is 5.75 Å². The van der Waals surface area contributed by atoms with Crippen molar-refractivity contribution in [1.29, 1.82) is 0 Å². The molecule has 0 N–H and O–H groups in total. The second kappa shape index (κ2) is 6.33. The molecular weight excluding hydrogens is 248 g/mol. The molecule has 0 radical (unpaired) electrons. The topological polar surface area (TPSA) is 49.4 Å². The van der Waals surface area contributed by atoms with E-state index in [0.29, 0.717) is 12.4 Å². The number of hydrogen-bond donors (Lipinski definition) is 0. The van der Waals surface area contributed by atoms with Gasteiger partial charge in [0, 0.05) is 11.3 Å². The molecule has 2 aromatic carbocycles. The van der Waals surface area contributed by atoms with Gasteiger partial charge in [-0.1, -0.05) is 30.3 Å². The van der Waals surface area contributed by atoms with E-state index in [-0.39, 0.29) is 4.90 Å². The molecule has 0 bridgehead atoms. The average molecular weight is 261 g/mol. The molecular formula is C14H13O3S-. The molecule has 0 saturated carbocycles. The first-order chi connectivity index (χ1) is 8.75. The zero-order valence-electron chi connectivity index (χ0n) is 9.74. The largest absolute Gasteiger partial charge is 0.768 e. The smallest absolute Gasteiger partial charge is 0.119 e. The van der Waals surface area contributed by atoms with E-state index < -0.39 is 11.1 Å². The molecule has 18 heavy (non-hydrogen) atoms. The van der Waals surface area contributed by atoms with Crippen LogP contribution in [0, 0.1) is 0 Å². The summed E-state index contributed by atoms with van der Waals surface area (Å²) >= 11 is -2.18. The van der Waals surface area contributed by atoms with Crippen molar-refractivity contribution < 1.29 is 13.5 Å². The summed E-state index contributed by atoms with van der Waals surface area (Å²) in [7, 11) is 0. The van der Waals surface area contributed by atoms with Gasteiger partial charge in [-0.05, 0) is 40.9 Å². The van der Waals surface area contributed by atoms with Crippen LogP contribution >= 0.6 is 0 Å². The Hall–Kier alpha value is -1.65. The first kappa shape index (κ1) is 12.8. The summed E-state index contributed by atoms with van der Waals surface area (Å²) in [5.74, 6) is 0.681. The summed E-state index contributed by atoms with van der Waals surface area (Å²) in [6.07, 6.45) is 0.829. The van der Waals surface area contributed by atoms with Gasteiger partial charge in [-0.2, -0.15) is 0 Å². The maximum Gasteiger partial charge on any atom is 0.119 e. The Morgan fingerprint density at radius 2 is 1.67 bits per heavy atom. The molecule has 4 heteroatoms. The highest BCUT2D eigenvalue weighted by Crippen LogP contribution is 2.14.